The molecule has 2 heterocycles. The average Bonchev–Trinajstić information content (AvgIpc) is 3.56. The fourth-order valence-corrected chi connectivity index (χ4v) is 5.46. The minimum absolute atomic E-state index is 0.0234. The summed E-state index contributed by atoms with van der Waals surface area (Å²) in [5.74, 6) is -0.878. The Bertz CT molecular complexity index is 1630. The Morgan fingerprint density at radius 2 is 1.74 bits per heavy atom. The molecular weight excluding hydrogens is 522 g/mol. The number of hydrogen-bond acceptors (Lipinski definition) is 7. The summed E-state index contributed by atoms with van der Waals surface area (Å²) < 4.78 is 28.5. The lowest BCUT2D eigenvalue weighted by molar-refractivity contribution is -0.118. The van der Waals surface area contributed by atoms with Crippen molar-refractivity contribution < 1.29 is 18.0 Å². The third-order valence-electron chi connectivity index (χ3n) is 5.44. The van der Waals surface area contributed by atoms with Gasteiger partial charge in [0, 0.05) is 12.4 Å². The molecule has 5 rings (SSSR count). The molecule has 1 aliphatic rings. The van der Waals surface area contributed by atoms with Crippen molar-refractivity contribution in [2.75, 3.05) is 0 Å². The highest BCUT2D eigenvalue weighted by molar-refractivity contribution is 8.18. The molecule has 11 heteroatoms. The number of amidine groups is 1. The van der Waals surface area contributed by atoms with Crippen molar-refractivity contribution in [3.63, 3.8) is 0 Å². The Morgan fingerprint density at radius 1 is 1.00 bits per heavy atom. The van der Waals surface area contributed by atoms with Crippen LogP contribution in [0.1, 0.15) is 11.1 Å². The maximum absolute atomic E-state index is 12.4. The molecule has 0 unspecified atom stereocenters. The van der Waals surface area contributed by atoms with Gasteiger partial charge in [0.1, 0.15) is 0 Å². The standard InChI is InChI=1S/C27H21N5O4S2/c33-25(31-38(35,36)23-5-2-1-3-6-23)18-20-7-11-21(12-8-20)29-27-30-26(34)24(37-27)17-19-9-13-22(14-10-19)32-16-4-15-28-32/h1-17H,18H2,(H,31,33)(H,29,30,34)/b24-17-. The van der Waals surface area contributed by atoms with Crippen LogP contribution < -0.4 is 10.0 Å². The number of benzene rings is 3. The highest BCUT2D eigenvalue weighted by Crippen LogP contribution is 2.28. The second-order valence-electron chi connectivity index (χ2n) is 8.21. The predicted octanol–water partition coefficient (Wildman–Crippen LogP) is 3.81. The summed E-state index contributed by atoms with van der Waals surface area (Å²) in [7, 11) is -3.92. The normalized spacial score (nSPS) is 15.5. The number of carbonyl (C=O) groups excluding carboxylic acids is 2. The second-order valence-corrected chi connectivity index (χ2v) is 10.9. The molecule has 9 nitrogen and oxygen atoms in total. The molecule has 1 aliphatic heterocycles. The molecule has 0 saturated carbocycles. The van der Waals surface area contributed by atoms with E-state index in [1.807, 2.05) is 36.5 Å². The summed E-state index contributed by atoms with van der Waals surface area (Å²) in [4.78, 5) is 29.7. The minimum Gasteiger partial charge on any atom is -0.300 e. The van der Waals surface area contributed by atoms with Crippen molar-refractivity contribution in [2.24, 2.45) is 4.99 Å². The number of thioether (sulfide) groups is 1. The molecule has 190 valence electrons. The van der Waals surface area contributed by atoms with Crippen molar-refractivity contribution in [2.45, 2.75) is 11.3 Å². The molecule has 0 bridgehead atoms. The molecule has 2 N–H and O–H groups in total. The largest absolute Gasteiger partial charge is 0.300 e. The van der Waals surface area contributed by atoms with E-state index in [0.717, 1.165) is 11.3 Å². The summed E-state index contributed by atoms with van der Waals surface area (Å²) in [6.45, 7) is 0. The van der Waals surface area contributed by atoms with Gasteiger partial charge in [-0.3, -0.25) is 9.59 Å². The summed E-state index contributed by atoms with van der Waals surface area (Å²) in [5.41, 5.74) is 2.99. The van der Waals surface area contributed by atoms with E-state index in [1.165, 1.54) is 23.9 Å². The number of aliphatic imine (C=N–C) groups is 1. The van der Waals surface area contributed by atoms with Gasteiger partial charge in [0.15, 0.2) is 5.17 Å². The van der Waals surface area contributed by atoms with Gasteiger partial charge >= 0.3 is 0 Å². The number of aromatic nitrogens is 2. The van der Waals surface area contributed by atoms with Crippen molar-refractivity contribution in [1.82, 2.24) is 19.8 Å². The van der Waals surface area contributed by atoms with Crippen molar-refractivity contribution in [3.05, 3.63) is 113 Å². The summed E-state index contributed by atoms with van der Waals surface area (Å²) >= 11 is 1.23. The molecular formula is C27H21N5O4S2. The van der Waals surface area contributed by atoms with Gasteiger partial charge in [0.2, 0.25) is 5.91 Å². The Kier molecular flexibility index (Phi) is 7.20. The van der Waals surface area contributed by atoms with Crippen LogP contribution in [-0.2, 0) is 26.0 Å². The topological polar surface area (TPSA) is 123 Å². The number of hydrogen-bond donors (Lipinski definition) is 2. The van der Waals surface area contributed by atoms with E-state index < -0.39 is 15.9 Å². The first-order valence-corrected chi connectivity index (χ1v) is 13.7. The van der Waals surface area contributed by atoms with Gasteiger partial charge in [-0.05, 0) is 71.4 Å². The lowest BCUT2D eigenvalue weighted by atomic mass is 10.1. The van der Waals surface area contributed by atoms with Crippen LogP contribution in [0.15, 0.2) is 112 Å². The van der Waals surface area contributed by atoms with Crippen LogP contribution in [0.4, 0.5) is 5.69 Å². The van der Waals surface area contributed by atoms with E-state index in [1.54, 1.807) is 59.4 Å². The van der Waals surface area contributed by atoms with E-state index in [-0.39, 0.29) is 17.2 Å². The molecule has 38 heavy (non-hydrogen) atoms. The SMILES string of the molecule is O=C(Cc1ccc(N=C2NC(=O)/C(=C/c3ccc(-n4cccn4)cc3)S2)cc1)NS(=O)(=O)c1ccccc1. The number of amides is 2. The first kappa shape index (κ1) is 25.2. The van der Waals surface area contributed by atoms with Gasteiger partial charge in [0.25, 0.3) is 15.9 Å². The highest BCUT2D eigenvalue weighted by atomic mass is 32.2. The minimum atomic E-state index is -3.92. The van der Waals surface area contributed by atoms with E-state index in [4.69, 9.17) is 0 Å². The molecule has 0 atom stereocenters. The molecule has 1 saturated heterocycles. The Hall–Kier alpha value is -4.48. The summed E-state index contributed by atoms with van der Waals surface area (Å²) in [6, 6.07) is 24.0. The molecule has 3 aromatic carbocycles. The van der Waals surface area contributed by atoms with Gasteiger partial charge < -0.3 is 5.32 Å². The Labute approximate surface area is 223 Å². The Morgan fingerprint density at radius 3 is 2.42 bits per heavy atom. The zero-order chi connectivity index (χ0) is 26.5. The number of nitrogens with zero attached hydrogens (tertiary/aromatic N) is 3. The zero-order valence-corrected chi connectivity index (χ0v) is 21.4. The molecule has 0 spiro atoms. The number of sulfonamides is 1. The van der Waals surface area contributed by atoms with Crippen molar-refractivity contribution in [1.29, 1.82) is 0 Å². The molecule has 0 radical (unpaired) electrons. The monoisotopic (exact) mass is 543 g/mol. The lowest BCUT2D eigenvalue weighted by Gasteiger charge is -2.07. The van der Waals surface area contributed by atoms with Crippen LogP contribution in [0.25, 0.3) is 11.8 Å². The smallest absolute Gasteiger partial charge is 0.264 e. The fraction of sp³-hybridized carbons (Fsp3) is 0.0370. The predicted molar refractivity (Wildman–Crippen MR) is 146 cm³/mol. The first-order chi connectivity index (χ1) is 18.4. The number of carbonyl (C=O) groups is 2. The first-order valence-electron chi connectivity index (χ1n) is 11.4. The molecule has 1 fully saturated rings. The van der Waals surface area contributed by atoms with Gasteiger partial charge in [-0.25, -0.2) is 22.8 Å². The third kappa shape index (κ3) is 6.07. The van der Waals surface area contributed by atoms with E-state index in [2.05, 4.69) is 20.1 Å². The van der Waals surface area contributed by atoms with Crippen LogP contribution in [0.3, 0.4) is 0 Å². The Balaban J connectivity index is 1.20. The summed E-state index contributed by atoms with van der Waals surface area (Å²) in [6.07, 6.45) is 5.25. The van der Waals surface area contributed by atoms with Crippen LogP contribution >= 0.6 is 11.8 Å². The van der Waals surface area contributed by atoms with Gasteiger partial charge in [-0.15, -0.1) is 0 Å². The fourth-order valence-electron chi connectivity index (χ4n) is 3.61. The number of nitrogens with one attached hydrogen (secondary N) is 2. The maximum atomic E-state index is 12.4. The number of rotatable bonds is 7. The highest BCUT2D eigenvalue weighted by Gasteiger charge is 2.24. The van der Waals surface area contributed by atoms with Crippen molar-refractivity contribution >= 4 is 50.5 Å². The molecule has 2 amide bonds. The lowest BCUT2D eigenvalue weighted by Crippen LogP contribution is -2.31. The van der Waals surface area contributed by atoms with Crippen LogP contribution in [0.2, 0.25) is 0 Å². The van der Waals surface area contributed by atoms with Crippen LogP contribution in [-0.4, -0.2) is 35.2 Å². The van der Waals surface area contributed by atoms with Gasteiger partial charge in [-0.2, -0.15) is 5.10 Å². The van der Waals surface area contributed by atoms with Gasteiger partial charge in [-0.1, -0.05) is 42.5 Å². The summed E-state index contributed by atoms with van der Waals surface area (Å²) in [5, 5.41) is 7.39. The van der Waals surface area contributed by atoms with Gasteiger partial charge in [0.05, 0.1) is 27.6 Å². The average molecular weight is 544 g/mol. The molecule has 4 aromatic rings. The van der Waals surface area contributed by atoms with E-state index in [0.29, 0.717) is 21.3 Å². The second kappa shape index (κ2) is 10.9. The zero-order valence-electron chi connectivity index (χ0n) is 19.8. The molecule has 1 aromatic heterocycles. The molecule has 0 aliphatic carbocycles. The van der Waals surface area contributed by atoms with Crippen LogP contribution in [0, 0.1) is 0 Å². The third-order valence-corrected chi connectivity index (χ3v) is 7.74. The van der Waals surface area contributed by atoms with E-state index in [9.17, 15) is 18.0 Å². The van der Waals surface area contributed by atoms with E-state index >= 15 is 0 Å². The van der Waals surface area contributed by atoms with Crippen LogP contribution in [0.5, 0.6) is 0 Å². The van der Waals surface area contributed by atoms with Crippen molar-refractivity contribution in [3.8, 4) is 5.69 Å². The maximum Gasteiger partial charge on any atom is 0.264 e. The quantitative estimate of drug-likeness (QED) is 0.342.